The lowest BCUT2D eigenvalue weighted by atomic mass is 10.1. The van der Waals surface area contributed by atoms with E-state index in [-0.39, 0.29) is 5.39 Å². The van der Waals surface area contributed by atoms with E-state index in [9.17, 15) is 18.0 Å². The molecule has 1 aromatic heterocycles. The summed E-state index contributed by atoms with van der Waals surface area (Å²) in [6.45, 7) is 0.436. The van der Waals surface area contributed by atoms with Crippen LogP contribution in [0.5, 0.6) is 0 Å². The van der Waals surface area contributed by atoms with E-state index in [4.69, 9.17) is 0 Å². The van der Waals surface area contributed by atoms with Gasteiger partial charge in [0.05, 0.1) is 17.2 Å². The van der Waals surface area contributed by atoms with Crippen molar-refractivity contribution < 1.29 is 13.2 Å². The Balaban J connectivity index is 2.63. The summed E-state index contributed by atoms with van der Waals surface area (Å²) in [7, 11) is 0. The Morgan fingerprint density at radius 2 is 2.06 bits per heavy atom. The standard InChI is InChI=1S/C11H9F3N2O/c1-7-3-2-4-8-9(7)15-6-16(10(8)17)5-11(12,13)14/h2-4,6H,5H2,1H3. The van der Waals surface area contributed by atoms with Gasteiger partial charge in [-0.25, -0.2) is 4.98 Å². The summed E-state index contributed by atoms with van der Waals surface area (Å²) in [4.78, 5) is 15.7. The molecule has 0 bridgehead atoms. The Morgan fingerprint density at radius 1 is 1.35 bits per heavy atom. The Bertz CT molecular complexity index is 616. The molecule has 0 saturated carbocycles. The highest BCUT2D eigenvalue weighted by molar-refractivity contribution is 5.80. The topological polar surface area (TPSA) is 34.9 Å². The van der Waals surface area contributed by atoms with Crippen molar-refractivity contribution in [2.75, 3.05) is 0 Å². The minimum absolute atomic E-state index is 0.205. The van der Waals surface area contributed by atoms with Crippen molar-refractivity contribution >= 4 is 10.9 Å². The van der Waals surface area contributed by atoms with Crippen LogP contribution in [0.3, 0.4) is 0 Å². The van der Waals surface area contributed by atoms with E-state index in [0.717, 1.165) is 11.9 Å². The van der Waals surface area contributed by atoms with Gasteiger partial charge in [-0.15, -0.1) is 0 Å². The Labute approximate surface area is 94.5 Å². The first-order valence-corrected chi connectivity index (χ1v) is 4.90. The van der Waals surface area contributed by atoms with E-state index in [1.165, 1.54) is 6.07 Å². The highest BCUT2D eigenvalue weighted by Crippen LogP contribution is 2.17. The average molecular weight is 242 g/mol. The van der Waals surface area contributed by atoms with E-state index in [1.54, 1.807) is 19.1 Å². The summed E-state index contributed by atoms with van der Waals surface area (Å²) < 4.78 is 37.2. The van der Waals surface area contributed by atoms with Crippen LogP contribution in [0.25, 0.3) is 10.9 Å². The van der Waals surface area contributed by atoms with E-state index in [1.807, 2.05) is 0 Å². The van der Waals surface area contributed by atoms with Crippen molar-refractivity contribution in [2.45, 2.75) is 19.6 Å². The summed E-state index contributed by atoms with van der Waals surface area (Å²) in [5.41, 5.74) is 0.533. The zero-order chi connectivity index (χ0) is 12.6. The first kappa shape index (κ1) is 11.6. The zero-order valence-corrected chi connectivity index (χ0v) is 8.95. The van der Waals surface area contributed by atoms with Crippen molar-refractivity contribution in [3.8, 4) is 0 Å². The molecule has 0 aliphatic heterocycles. The number of hydrogen-bond donors (Lipinski definition) is 0. The molecular formula is C11H9F3N2O. The summed E-state index contributed by atoms with van der Waals surface area (Å²) in [5.74, 6) is 0. The third kappa shape index (κ3) is 2.30. The summed E-state index contributed by atoms with van der Waals surface area (Å²) in [6.07, 6.45) is -3.49. The number of aryl methyl sites for hydroxylation is 1. The van der Waals surface area contributed by atoms with E-state index in [2.05, 4.69) is 4.98 Å². The smallest absolute Gasteiger partial charge is 0.290 e. The number of hydrogen-bond acceptors (Lipinski definition) is 2. The number of alkyl halides is 3. The van der Waals surface area contributed by atoms with Crippen LogP contribution in [0.2, 0.25) is 0 Å². The molecule has 0 aliphatic carbocycles. The highest BCUT2D eigenvalue weighted by atomic mass is 19.4. The van der Waals surface area contributed by atoms with Gasteiger partial charge >= 0.3 is 6.18 Å². The van der Waals surface area contributed by atoms with Gasteiger partial charge in [0.1, 0.15) is 6.54 Å². The molecule has 3 nitrogen and oxygen atoms in total. The van der Waals surface area contributed by atoms with Crippen LogP contribution in [-0.4, -0.2) is 15.7 Å². The maximum absolute atomic E-state index is 12.2. The molecule has 1 aromatic carbocycles. The lowest BCUT2D eigenvalue weighted by molar-refractivity contribution is -0.141. The number of rotatable bonds is 1. The lowest BCUT2D eigenvalue weighted by Crippen LogP contribution is -2.28. The number of benzene rings is 1. The van der Waals surface area contributed by atoms with Gasteiger partial charge in [0.25, 0.3) is 5.56 Å². The van der Waals surface area contributed by atoms with Gasteiger partial charge in [0.15, 0.2) is 0 Å². The molecule has 0 unspecified atom stereocenters. The molecule has 0 atom stereocenters. The van der Waals surface area contributed by atoms with Crippen molar-refractivity contribution in [1.82, 2.24) is 9.55 Å². The third-order valence-corrected chi connectivity index (χ3v) is 2.40. The predicted octanol–water partition coefficient (Wildman–Crippen LogP) is 2.27. The minimum Gasteiger partial charge on any atom is -0.290 e. The van der Waals surface area contributed by atoms with Crippen molar-refractivity contribution in [2.24, 2.45) is 0 Å². The molecule has 1 heterocycles. The first-order chi connectivity index (χ1) is 7.88. The fourth-order valence-electron chi connectivity index (χ4n) is 1.64. The minimum atomic E-state index is -4.43. The monoisotopic (exact) mass is 242 g/mol. The van der Waals surface area contributed by atoms with Gasteiger partial charge in [-0.1, -0.05) is 12.1 Å². The second-order valence-electron chi connectivity index (χ2n) is 3.76. The number of para-hydroxylation sites is 1. The second kappa shape index (κ2) is 3.87. The Hall–Kier alpha value is -1.85. The SMILES string of the molecule is Cc1cccc2c(=O)n(CC(F)(F)F)cnc12. The zero-order valence-electron chi connectivity index (χ0n) is 8.95. The largest absolute Gasteiger partial charge is 0.406 e. The second-order valence-corrected chi connectivity index (χ2v) is 3.76. The summed E-state index contributed by atoms with van der Waals surface area (Å²) >= 11 is 0. The van der Waals surface area contributed by atoms with Gasteiger partial charge in [0.2, 0.25) is 0 Å². The number of nitrogens with zero attached hydrogens (tertiary/aromatic N) is 2. The fourth-order valence-corrected chi connectivity index (χ4v) is 1.64. The Morgan fingerprint density at radius 3 is 2.71 bits per heavy atom. The van der Waals surface area contributed by atoms with Crippen LogP contribution in [0.1, 0.15) is 5.56 Å². The van der Waals surface area contributed by atoms with Gasteiger partial charge in [-0.05, 0) is 18.6 Å². The summed E-state index contributed by atoms with van der Waals surface area (Å²) in [6, 6.07) is 4.85. The molecule has 0 aliphatic rings. The normalized spacial score (nSPS) is 12.0. The quantitative estimate of drug-likeness (QED) is 0.768. The van der Waals surface area contributed by atoms with Crippen molar-refractivity contribution in [3.05, 3.63) is 40.4 Å². The van der Waals surface area contributed by atoms with Crippen molar-refractivity contribution in [1.29, 1.82) is 0 Å². The highest BCUT2D eigenvalue weighted by Gasteiger charge is 2.28. The van der Waals surface area contributed by atoms with Gasteiger partial charge in [0, 0.05) is 0 Å². The lowest BCUT2D eigenvalue weighted by Gasteiger charge is -2.09. The van der Waals surface area contributed by atoms with Crippen LogP contribution in [-0.2, 0) is 6.54 Å². The van der Waals surface area contributed by atoms with E-state index < -0.39 is 18.3 Å². The van der Waals surface area contributed by atoms with E-state index >= 15 is 0 Å². The van der Waals surface area contributed by atoms with Crippen LogP contribution in [0.4, 0.5) is 13.2 Å². The van der Waals surface area contributed by atoms with Crippen LogP contribution in [0, 0.1) is 6.92 Å². The number of fused-ring (bicyclic) bond motifs is 1. The first-order valence-electron chi connectivity index (χ1n) is 4.90. The molecule has 0 fully saturated rings. The summed E-state index contributed by atoms with van der Waals surface area (Å²) in [5, 5.41) is 0.205. The maximum atomic E-state index is 12.2. The number of aromatic nitrogens is 2. The molecule has 0 amide bonds. The van der Waals surface area contributed by atoms with Gasteiger partial charge in [-0.2, -0.15) is 13.2 Å². The molecule has 90 valence electrons. The van der Waals surface area contributed by atoms with Crippen LogP contribution in [0.15, 0.2) is 29.3 Å². The Kier molecular flexibility index (Phi) is 2.65. The molecule has 0 N–H and O–H groups in total. The maximum Gasteiger partial charge on any atom is 0.406 e. The van der Waals surface area contributed by atoms with Gasteiger partial charge in [-0.3, -0.25) is 9.36 Å². The molecule has 0 saturated heterocycles. The molecule has 2 rings (SSSR count). The predicted molar refractivity (Wildman–Crippen MR) is 56.8 cm³/mol. The van der Waals surface area contributed by atoms with Crippen LogP contribution >= 0.6 is 0 Å². The molecular weight excluding hydrogens is 233 g/mol. The fraction of sp³-hybridized carbons (Fsp3) is 0.273. The van der Waals surface area contributed by atoms with Gasteiger partial charge < -0.3 is 0 Å². The molecule has 0 radical (unpaired) electrons. The molecule has 6 heteroatoms. The average Bonchev–Trinajstić information content (AvgIpc) is 2.21. The molecule has 2 aromatic rings. The van der Waals surface area contributed by atoms with Crippen LogP contribution < -0.4 is 5.56 Å². The van der Waals surface area contributed by atoms with Crippen molar-refractivity contribution in [3.63, 3.8) is 0 Å². The number of halogens is 3. The van der Waals surface area contributed by atoms with E-state index in [0.29, 0.717) is 10.1 Å². The molecule has 0 spiro atoms. The third-order valence-electron chi connectivity index (χ3n) is 2.40. The molecule has 17 heavy (non-hydrogen) atoms.